The van der Waals surface area contributed by atoms with Crippen LogP contribution in [0.1, 0.15) is 12.5 Å². The third kappa shape index (κ3) is 4.82. The molecule has 5 heteroatoms. The van der Waals surface area contributed by atoms with Gasteiger partial charge >= 0.3 is 5.97 Å². The Balaban J connectivity index is 2.99. The number of hydrogen-bond donors (Lipinski definition) is 0. The second-order valence-corrected chi connectivity index (χ2v) is 5.64. The largest absolute Gasteiger partial charge is 0.460 e. The van der Waals surface area contributed by atoms with Crippen molar-refractivity contribution < 1.29 is 17.9 Å². The molecule has 0 aromatic heterocycles. The van der Waals surface area contributed by atoms with Crippen LogP contribution in [0.15, 0.2) is 35.2 Å². The van der Waals surface area contributed by atoms with Crippen molar-refractivity contribution in [2.24, 2.45) is 0 Å². The van der Waals surface area contributed by atoms with Gasteiger partial charge in [-0.3, -0.25) is 4.79 Å². The predicted molar refractivity (Wildman–Crippen MR) is 65.9 cm³/mol. The van der Waals surface area contributed by atoms with Gasteiger partial charge in [-0.1, -0.05) is 30.3 Å². The number of rotatable bonds is 4. The van der Waals surface area contributed by atoms with Gasteiger partial charge in [0.25, 0.3) is 0 Å². The maximum atomic E-state index is 11.5. The first-order chi connectivity index (χ1) is 7.89. The molecule has 4 nitrogen and oxygen atoms in total. The summed E-state index contributed by atoms with van der Waals surface area (Å²) in [5.41, 5.74) is 0.750. The van der Waals surface area contributed by atoms with E-state index < -0.39 is 15.8 Å². The average Bonchev–Trinajstić information content (AvgIpc) is 2.23. The highest BCUT2D eigenvalue weighted by Gasteiger charge is 2.12. The monoisotopic (exact) mass is 254 g/mol. The topological polar surface area (TPSA) is 60.4 Å². The van der Waals surface area contributed by atoms with E-state index in [2.05, 4.69) is 0 Å². The maximum Gasteiger partial charge on any atom is 0.302 e. The SMILES string of the molecule is CC(=O)OC/C(=C\c1ccccc1)S(C)(=O)=O. The van der Waals surface area contributed by atoms with Gasteiger partial charge in [0, 0.05) is 13.2 Å². The molecule has 1 aromatic rings. The number of benzene rings is 1. The summed E-state index contributed by atoms with van der Waals surface area (Å²) in [5, 5.41) is 0. The van der Waals surface area contributed by atoms with Crippen molar-refractivity contribution in [1.82, 2.24) is 0 Å². The molecule has 0 fully saturated rings. The molecule has 0 amide bonds. The Morgan fingerprint density at radius 2 is 1.88 bits per heavy atom. The van der Waals surface area contributed by atoms with E-state index in [1.54, 1.807) is 24.3 Å². The molecule has 0 aliphatic rings. The molecule has 0 saturated carbocycles. The molecule has 0 N–H and O–H groups in total. The Kier molecular flexibility index (Phi) is 4.45. The van der Waals surface area contributed by atoms with Gasteiger partial charge in [-0.25, -0.2) is 8.42 Å². The number of esters is 1. The van der Waals surface area contributed by atoms with E-state index >= 15 is 0 Å². The normalized spacial score (nSPS) is 12.2. The van der Waals surface area contributed by atoms with Gasteiger partial charge in [0.05, 0.1) is 4.91 Å². The Hall–Kier alpha value is -1.62. The minimum atomic E-state index is -3.37. The smallest absolute Gasteiger partial charge is 0.302 e. The van der Waals surface area contributed by atoms with Crippen LogP contribution in [0.3, 0.4) is 0 Å². The van der Waals surface area contributed by atoms with Crippen LogP contribution < -0.4 is 0 Å². The second kappa shape index (κ2) is 5.63. The van der Waals surface area contributed by atoms with Crippen LogP contribution in [0.2, 0.25) is 0 Å². The molecule has 0 unspecified atom stereocenters. The van der Waals surface area contributed by atoms with E-state index in [-0.39, 0.29) is 11.5 Å². The average molecular weight is 254 g/mol. The Morgan fingerprint density at radius 1 is 1.29 bits per heavy atom. The van der Waals surface area contributed by atoms with Gasteiger partial charge in [0.15, 0.2) is 9.84 Å². The molecular weight excluding hydrogens is 240 g/mol. The number of carbonyl (C=O) groups excluding carboxylic acids is 1. The van der Waals surface area contributed by atoms with Crippen molar-refractivity contribution in [3.63, 3.8) is 0 Å². The van der Waals surface area contributed by atoms with E-state index in [0.29, 0.717) is 0 Å². The van der Waals surface area contributed by atoms with E-state index in [9.17, 15) is 13.2 Å². The third-order valence-corrected chi connectivity index (χ3v) is 3.21. The maximum absolute atomic E-state index is 11.5. The third-order valence-electron chi connectivity index (χ3n) is 2.02. The number of sulfone groups is 1. The minimum Gasteiger partial charge on any atom is -0.460 e. The molecule has 92 valence electrons. The van der Waals surface area contributed by atoms with Gasteiger partial charge in [-0.15, -0.1) is 0 Å². The lowest BCUT2D eigenvalue weighted by atomic mass is 10.2. The molecule has 0 aliphatic carbocycles. The van der Waals surface area contributed by atoms with Crippen LogP contribution in [-0.4, -0.2) is 27.2 Å². The van der Waals surface area contributed by atoms with Crippen LogP contribution in [0.25, 0.3) is 6.08 Å². The van der Waals surface area contributed by atoms with Crippen molar-refractivity contribution in [2.45, 2.75) is 6.92 Å². The lowest BCUT2D eigenvalue weighted by molar-refractivity contribution is -0.139. The van der Waals surface area contributed by atoms with Crippen molar-refractivity contribution in [3.05, 3.63) is 40.8 Å². The van der Waals surface area contributed by atoms with Crippen LogP contribution >= 0.6 is 0 Å². The predicted octanol–water partition coefficient (Wildman–Crippen LogP) is 1.64. The fourth-order valence-electron chi connectivity index (χ4n) is 1.16. The highest BCUT2D eigenvalue weighted by molar-refractivity contribution is 7.94. The summed E-state index contributed by atoms with van der Waals surface area (Å²) in [5.74, 6) is -0.507. The number of hydrogen-bond acceptors (Lipinski definition) is 4. The summed E-state index contributed by atoms with van der Waals surface area (Å²) in [6.07, 6.45) is 2.59. The summed E-state index contributed by atoms with van der Waals surface area (Å²) < 4.78 is 27.7. The van der Waals surface area contributed by atoms with E-state index in [1.165, 1.54) is 13.0 Å². The Morgan fingerprint density at radius 3 is 2.35 bits per heavy atom. The molecule has 17 heavy (non-hydrogen) atoms. The lowest BCUT2D eigenvalue weighted by Gasteiger charge is -2.05. The van der Waals surface area contributed by atoms with E-state index in [4.69, 9.17) is 4.74 Å². The fraction of sp³-hybridized carbons (Fsp3) is 0.250. The van der Waals surface area contributed by atoms with Crippen LogP contribution in [-0.2, 0) is 19.4 Å². The summed E-state index contributed by atoms with van der Waals surface area (Å²) in [4.78, 5) is 10.8. The van der Waals surface area contributed by atoms with E-state index in [0.717, 1.165) is 11.8 Å². The Labute approximate surface area is 101 Å². The quantitative estimate of drug-likeness (QED) is 0.766. The molecule has 0 heterocycles. The highest BCUT2D eigenvalue weighted by atomic mass is 32.2. The van der Waals surface area contributed by atoms with Gasteiger partial charge in [0.1, 0.15) is 6.61 Å². The molecular formula is C12H14O4S. The van der Waals surface area contributed by atoms with E-state index in [1.807, 2.05) is 6.07 Å². The molecule has 0 spiro atoms. The number of carbonyl (C=O) groups is 1. The lowest BCUT2D eigenvalue weighted by Crippen LogP contribution is -2.10. The van der Waals surface area contributed by atoms with Gasteiger partial charge < -0.3 is 4.74 Å². The molecule has 1 rings (SSSR count). The first-order valence-electron chi connectivity index (χ1n) is 4.98. The van der Waals surface area contributed by atoms with Gasteiger partial charge in [-0.05, 0) is 11.6 Å². The summed E-state index contributed by atoms with van der Waals surface area (Å²) in [6, 6.07) is 9.00. The highest BCUT2D eigenvalue weighted by Crippen LogP contribution is 2.12. The van der Waals surface area contributed by atoms with Crippen LogP contribution in [0.5, 0.6) is 0 Å². The molecule has 0 bridgehead atoms. The summed E-state index contributed by atoms with van der Waals surface area (Å²) in [6.45, 7) is 1.01. The molecule has 1 aromatic carbocycles. The second-order valence-electron chi connectivity index (χ2n) is 3.57. The fourth-order valence-corrected chi connectivity index (χ4v) is 1.79. The summed E-state index contributed by atoms with van der Waals surface area (Å²) in [7, 11) is -3.37. The van der Waals surface area contributed by atoms with Crippen molar-refractivity contribution in [2.75, 3.05) is 12.9 Å². The summed E-state index contributed by atoms with van der Waals surface area (Å²) >= 11 is 0. The van der Waals surface area contributed by atoms with Crippen molar-refractivity contribution >= 4 is 21.9 Å². The van der Waals surface area contributed by atoms with Gasteiger partial charge in [-0.2, -0.15) is 0 Å². The standard InChI is InChI=1S/C12H14O4S/c1-10(13)16-9-12(17(2,14)15)8-11-6-4-3-5-7-11/h3-8H,9H2,1-2H3/b12-8+. The zero-order chi connectivity index (χ0) is 12.9. The Bertz CT molecular complexity index is 515. The first-order valence-corrected chi connectivity index (χ1v) is 6.88. The van der Waals surface area contributed by atoms with Crippen LogP contribution in [0, 0.1) is 0 Å². The zero-order valence-electron chi connectivity index (χ0n) is 9.71. The van der Waals surface area contributed by atoms with Crippen molar-refractivity contribution in [3.8, 4) is 0 Å². The number of ether oxygens (including phenoxy) is 1. The molecule has 0 radical (unpaired) electrons. The minimum absolute atomic E-state index is 0.0823. The van der Waals surface area contributed by atoms with Crippen LogP contribution in [0.4, 0.5) is 0 Å². The van der Waals surface area contributed by atoms with Gasteiger partial charge in [0.2, 0.25) is 0 Å². The van der Waals surface area contributed by atoms with Crippen molar-refractivity contribution in [1.29, 1.82) is 0 Å². The molecule has 0 saturated heterocycles. The molecule has 0 aliphatic heterocycles. The molecule has 0 atom stereocenters. The first kappa shape index (κ1) is 13.4. The zero-order valence-corrected chi connectivity index (χ0v) is 10.5.